The van der Waals surface area contributed by atoms with Crippen LogP contribution in [0.3, 0.4) is 0 Å². The van der Waals surface area contributed by atoms with Crippen LogP contribution in [0.4, 0.5) is 8.78 Å². The Balaban J connectivity index is 1.32. The van der Waals surface area contributed by atoms with Crippen LogP contribution >= 0.6 is 0 Å². The van der Waals surface area contributed by atoms with Crippen molar-refractivity contribution >= 4 is 5.91 Å². The highest BCUT2D eigenvalue weighted by Crippen LogP contribution is 2.42. The van der Waals surface area contributed by atoms with E-state index in [0.717, 1.165) is 69.6 Å². The van der Waals surface area contributed by atoms with Gasteiger partial charge in [-0.2, -0.15) is 0 Å². The van der Waals surface area contributed by atoms with Gasteiger partial charge in [-0.1, -0.05) is 0 Å². The number of benzene rings is 1. The van der Waals surface area contributed by atoms with Crippen molar-refractivity contribution in [2.24, 2.45) is 11.8 Å². The molecule has 1 saturated carbocycles. The fourth-order valence-corrected chi connectivity index (χ4v) is 4.45. The second kappa shape index (κ2) is 7.84. The third kappa shape index (κ3) is 4.32. The van der Waals surface area contributed by atoms with E-state index in [9.17, 15) is 13.6 Å². The van der Waals surface area contributed by atoms with Gasteiger partial charge in [-0.3, -0.25) is 4.79 Å². The van der Waals surface area contributed by atoms with Crippen molar-refractivity contribution in [2.45, 2.75) is 44.1 Å². The van der Waals surface area contributed by atoms with Gasteiger partial charge in [0.15, 0.2) is 0 Å². The number of hydrogen-bond donors (Lipinski definition) is 0. The molecule has 0 aromatic heterocycles. The molecule has 6 heteroatoms. The quantitative estimate of drug-likeness (QED) is 0.706. The van der Waals surface area contributed by atoms with Crippen molar-refractivity contribution < 1.29 is 23.0 Å². The number of carbonyl (C=O) groups excluding carboxylic acids is 1. The Kier molecular flexibility index (Phi) is 5.46. The van der Waals surface area contributed by atoms with Gasteiger partial charge < -0.3 is 14.4 Å². The Morgan fingerprint density at radius 3 is 2.52 bits per heavy atom. The Hall–Kier alpha value is -1.53. The molecule has 0 N–H and O–H groups in total. The topological polar surface area (TPSA) is 38.8 Å². The molecule has 2 aliphatic heterocycles. The van der Waals surface area contributed by atoms with E-state index in [0.29, 0.717) is 19.0 Å². The summed E-state index contributed by atoms with van der Waals surface area (Å²) < 4.78 is 38.8. The number of amides is 1. The minimum Gasteiger partial charge on any atom is -0.381 e. The number of rotatable bonds is 6. The molecule has 3 aliphatic rings. The predicted octanol–water partition coefficient (Wildman–Crippen LogP) is 3.79. The average Bonchev–Trinajstić information content (AvgIpc) is 3.40. The van der Waals surface area contributed by atoms with Gasteiger partial charge in [0.05, 0.1) is 5.60 Å². The molecule has 0 bridgehead atoms. The van der Waals surface area contributed by atoms with E-state index in [1.807, 2.05) is 0 Å². The molecule has 1 aliphatic carbocycles. The van der Waals surface area contributed by atoms with E-state index >= 15 is 0 Å². The number of hydrogen-bond acceptors (Lipinski definition) is 3. The zero-order valence-corrected chi connectivity index (χ0v) is 15.6. The van der Waals surface area contributed by atoms with Crippen molar-refractivity contribution in [3.63, 3.8) is 0 Å². The highest BCUT2D eigenvalue weighted by atomic mass is 19.1. The van der Waals surface area contributed by atoms with Crippen molar-refractivity contribution in [2.75, 3.05) is 32.9 Å². The molecule has 27 heavy (non-hydrogen) atoms. The van der Waals surface area contributed by atoms with Crippen molar-refractivity contribution in [1.82, 2.24) is 4.90 Å². The van der Waals surface area contributed by atoms with E-state index in [4.69, 9.17) is 9.47 Å². The molecule has 1 amide bonds. The van der Waals surface area contributed by atoms with E-state index < -0.39 is 11.6 Å². The minimum absolute atomic E-state index is 0.0702. The maximum atomic E-state index is 13.4. The first kappa shape index (κ1) is 18.8. The van der Waals surface area contributed by atoms with E-state index in [1.165, 1.54) is 12.8 Å². The smallest absolute Gasteiger partial charge is 0.254 e. The SMILES string of the molecule is O=C(c1cc(F)cc(F)c1)N1CCC2(CC1)OCC[C@@H]2CCOCC1CC1. The first-order chi connectivity index (χ1) is 13.1. The van der Waals surface area contributed by atoms with Gasteiger partial charge in [0.2, 0.25) is 0 Å². The maximum Gasteiger partial charge on any atom is 0.254 e. The molecule has 3 fully saturated rings. The number of likely N-dealkylation sites (tertiary alicyclic amines) is 1. The average molecular weight is 379 g/mol. The normalized spacial score (nSPS) is 24.5. The standard InChI is InChI=1S/C21H27F2NO3/c22-18-11-16(12-19(23)13-18)20(25)24-7-5-21(6-8-24)17(4-10-27-21)3-9-26-14-15-1-2-15/h11-13,15,17H,1-10,14H2/t17-/m0/s1. The fraction of sp³-hybridized carbons (Fsp3) is 0.667. The molecule has 1 aromatic carbocycles. The number of nitrogens with zero attached hydrogens (tertiary/aromatic N) is 1. The molecule has 1 aromatic rings. The monoisotopic (exact) mass is 379 g/mol. The van der Waals surface area contributed by atoms with E-state index in [-0.39, 0.29) is 17.1 Å². The second-order valence-electron chi connectivity index (χ2n) is 8.16. The molecule has 2 saturated heterocycles. The molecule has 1 atom stereocenters. The number of ether oxygens (including phenoxy) is 2. The van der Waals surface area contributed by atoms with Crippen LogP contribution in [-0.2, 0) is 9.47 Å². The maximum absolute atomic E-state index is 13.4. The predicted molar refractivity (Wildman–Crippen MR) is 96.4 cm³/mol. The molecule has 0 radical (unpaired) electrons. The molecule has 2 heterocycles. The lowest BCUT2D eigenvalue weighted by Crippen LogP contribution is -2.49. The number of piperidine rings is 1. The van der Waals surface area contributed by atoms with Crippen LogP contribution in [0.2, 0.25) is 0 Å². The van der Waals surface area contributed by atoms with E-state index in [2.05, 4.69) is 0 Å². The molecule has 4 rings (SSSR count). The third-order valence-electron chi connectivity index (χ3n) is 6.27. The van der Waals surface area contributed by atoms with Crippen LogP contribution in [0.15, 0.2) is 18.2 Å². The summed E-state index contributed by atoms with van der Waals surface area (Å²) in [7, 11) is 0. The third-order valence-corrected chi connectivity index (χ3v) is 6.27. The molecular weight excluding hydrogens is 352 g/mol. The minimum atomic E-state index is -0.725. The number of carbonyl (C=O) groups is 1. The van der Waals surface area contributed by atoms with Crippen molar-refractivity contribution in [3.8, 4) is 0 Å². The lowest BCUT2D eigenvalue weighted by molar-refractivity contribution is -0.0672. The summed E-state index contributed by atoms with van der Waals surface area (Å²) in [6, 6.07) is 2.98. The zero-order chi connectivity index (χ0) is 18.9. The molecule has 0 unspecified atom stereocenters. The largest absolute Gasteiger partial charge is 0.381 e. The summed E-state index contributed by atoms with van der Waals surface area (Å²) in [6.45, 7) is 3.52. The van der Waals surface area contributed by atoms with Gasteiger partial charge in [-0.25, -0.2) is 8.78 Å². The Bertz CT molecular complexity index is 664. The summed E-state index contributed by atoms with van der Waals surface area (Å²) in [6.07, 6.45) is 6.17. The summed E-state index contributed by atoms with van der Waals surface area (Å²) in [5, 5.41) is 0. The molecule has 1 spiro atoms. The van der Waals surface area contributed by atoms with Crippen LogP contribution < -0.4 is 0 Å². The fourth-order valence-electron chi connectivity index (χ4n) is 4.45. The van der Waals surface area contributed by atoms with Gasteiger partial charge in [0.25, 0.3) is 5.91 Å². The Labute approximate surface area is 158 Å². The first-order valence-electron chi connectivity index (χ1n) is 10.0. The van der Waals surface area contributed by atoms with Crippen LogP contribution in [0.5, 0.6) is 0 Å². The van der Waals surface area contributed by atoms with Gasteiger partial charge in [0, 0.05) is 44.5 Å². The van der Waals surface area contributed by atoms with Gasteiger partial charge >= 0.3 is 0 Å². The zero-order valence-electron chi connectivity index (χ0n) is 15.6. The summed E-state index contributed by atoms with van der Waals surface area (Å²) >= 11 is 0. The second-order valence-corrected chi connectivity index (χ2v) is 8.16. The van der Waals surface area contributed by atoms with Crippen molar-refractivity contribution in [3.05, 3.63) is 35.4 Å². The number of halogens is 2. The molecule has 148 valence electrons. The van der Waals surface area contributed by atoms with Crippen LogP contribution in [0.1, 0.15) is 48.9 Å². The summed E-state index contributed by atoms with van der Waals surface area (Å²) in [4.78, 5) is 14.3. The highest BCUT2D eigenvalue weighted by Gasteiger charge is 2.46. The van der Waals surface area contributed by atoms with Crippen LogP contribution in [-0.4, -0.2) is 49.3 Å². The first-order valence-corrected chi connectivity index (χ1v) is 10.0. The van der Waals surface area contributed by atoms with Crippen LogP contribution in [0, 0.1) is 23.5 Å². The van der Waals surface area contributed by atoms with E-state index in [1.54, 1.807) is 4.90 Å². The van der Waals surface area contributed by atoms with Crippen molar-refractivity contribution in [1.29, 1.82) is 0 Å². The summed E-state index contributed by atoms with van der Waals surface area (Å²) in [5.41, 5.74) is -0.104. The molecule has 4 nitrogen and oxygen atoms in total. The Morgan fingerprint density at radius 1 is 1.15 bits per heavy atom. The van der Waals surface area contributed by atoms with Gasteiger partial charge in [0.1, 0.15) is 11.6 Å². The van der Waals surface area contributed by atoms with Crippen LogP contribution in [0.25, 0.3) is 0 Å². The Morgan fingerprint density at radius 2 is 1.85 bits per heavy atom. The summed E-state index contributed by atoms with van der Waals surface area (Å²) in [5.74, 6) is -0.527. The highest BCUT2D eigenvalue weighted by molar-refractivity contribution is 5.94. The van der Waals surface area contributed by atoms with Gasteiger partial charge in [-0.05, 0) is 62.5 Å². The lowest BCUT2D eigenvalue weighted by atomic mass is 9.78. The lowest BCUT2D eigenvalue weighted by Gasteiger charge is -2.42. The van der Waals surface area contributed by atoms with Gasteiger partial charge in [-0.15, -0.1) is 0 Å². The molecular formula is C21H27F2NO3.